The highest BCUT2D eigenvalue weighted by Gasteiger charge is 2.39. The van der Waals surface area contributed by atoms with Crippen molar-refractivity contribution in [3.05, 3.63) is 0 Å². The van der Waals surface area contributed by atoms with Gasteiger partial charge in [0, 0.05) is 26.2 Å². The van der Waals surface area contributed by atoms with Crippen LogP contribution in [-0.4, -0.2) is 117 Å². The Bertz CT molecular complexity index is 589. The quantitative estimate of drug-likeness (QED) is 0.439. The lowest BCUT2D eigenvalue weighted by Gasteiger charge is -2.44. The third kappa shape index (κ3) is 7.84. The van der Waals surface area contributed by atoms with E-state index >= 15 is 0 Å². The van der Waals surface area contributed by atoms with Crippen LogP contribution >= 0.6 is 0 Å². The zero-order chi connectivity index (χ0) is 22.8. The van der Waals surface area contributed by atoms with E-state index in [-0.39, 0.29) is 43.3 Å². The number of aliphatic hydroxyl groups is 1. The molecule has 0 aromatic carbocycles. The molecule has 4 atom stereocenters. The smallest absolute Gasteiger partial charge is 0.317 e. The van der Waals surface area contributed by atoms with Gasteiger partial charge in [0.1, 0.15) is 6.10 Å². The number of hydrogen-bond acceptors (Lipinski definition) is 7. The number of carbonyl (C=O) groups is 2. The molecule has 3 rings (SSSR count). The lowest BCUT2D eigenvalue weighted by Crippen LogP contribution is -2.59. The van der Waals surface area contributed by atoms with Crippen molar-refractivity contribution < 1.29 is 28.9 Å². The SMILES string of the molecule is CCCNC(=O)N1C[C@@H](O)COC[C@@H]2O[C@H](CC(=O)NCCCN3CCOCC3)CC[C@H]21. The van der Waals surface area contributed by atoms with E-state index in [1.54, 1.807) is 4.90 Å². The molecule has 10 heteroatoms. The minimum absolute atomic E-state index is 0.00448. The summed E-state index contributed by atoms with van der Waals surface area (Å²) in [4.78, 5) is 29.1. The van der Waals surface area contributed by atoms with E-state index in [9.17, 15) is 14.7 Å². The molecule has 3 heterocycles. The van der Waals surface area contributed by atoms with E-state index < -0.39 is 6.10 Å². The van der Waals surface area contributed by atoms with Gasteiger partial charge in [-0.05, 0) is 32.2 Å². The standard InChI is InChI=1S/C22H40N4O6/c1-2-6-24-22(29)26-14-17(27)15-31-16-20-19(26)5-4-18(32-20)13-21(28)23-7-3-8-25-9-11-30-12-10-25/h17-20,27H,2-16H2,1H3,(H,23,28)(H,24,29)/t17-,18+,19-,20+/m1/s1. The predicted octanol–water partition coefficient (Wildman–Crippen LogP) is -0.0561. The van der Waals surface area contributed by atoms with E-state index in [1.165, 1.54) is 0 Å². The fraction of sp³-hybridized carbons (Fsp3) is 0.909. The van der Waals surface area contributed by atoms with Crippen LogP contribution in [0.5, 0.6) is 0 Å². The van der Waals surface area contributed by atoms with Gasteiger partial charge in [-0.1, -0.05) is 6.92 Å². The van der Waals surface area contributed by atoms with E-state index in [1.807, 2.05) is 6.92 Å². The molecule has 0 bridgehead atoms. The molecule has 3 amide bonds. The molecule has 10 nitrogen and oxygen atoms in total. The van der Waals surface area contributed by atoms with E-state index in [0.717, 1.165) is 52.1 Å². The van der Waals surface area contributed by atoms with Crippen molar-refractivity contribution in [1.29, 1.82) is 0 Å². The molecule has 3 saturated heterocycles. The fourth-order valence-corrected chi connectivity index (χ4v) is 4.54. The van der Waals surface area contributed by atoms with Crippen LogP contribution in [-0.2, 0) is 19.0 Å². The highest BCUT2D eigenvalue weighted by Crippen LogP contribution is 2.27. The summed E-state index contributed by atoms with van der Waals surface area (Å²) >= 11 is 0. The highest BCUT2D eigenvalue weighted by atomic mass is 16.5. The normalized spacial score (nSPS) is 29.5. The van der Waals surface area contributed by atoms with Gasteiger partial charge in [-0.2, -0.15) is 0 Å². The zero-order valence-electron chi connectivity index (χ0n) is 19.3. The number of morpholine rings is 1. The number of carbonyl (C=O) groups excluding carboxylic acids is 2. The minimum Gasteiger partial charge on any atom is -0.389 e. The van der Waals surface area contributed by atoms with Crippen molar-refractivity contribution in [2.75, 3.05) is 65.7 Å². The lowest BCUT2D eigenvalue weighted by atomic mass is 9.95. The first-order valence-corrected chi connectivity index (χ1v) is 12.1. The average Bonchev–Trinajstić information content (AvgIpc) is 2.78. The molecular weight excluding hydrogens is 416 g/mol. The number of aliphatic hydroxyl groups excluding tert-OH is 1. The van der Waals surface area contributed by atoms with Crippen LogP contribution in [0.3, 0.4) is 0 Å². The molecule has 0 radical (unpaired) electrons. The Balaban J connectivity index is 1.43. The number of urea groups is 1. The van der Waals surface area contributed by atoms with Gasteiger partial charge >= 0.3 is 6.03 Å². The minimum atomic E-state index is -0.718. The van der Waals surface area contributed by atoms with E-state index in [0.29, 0.717) is 32.5 Å². The Labute approximate surface area is 190 Å². The molecule has 3 aliphatic heterocycles. The Morgan fingerprint density at radius 1 is 1.06 bits per heavy atom. The Morgan fingerprint density at radius 2 is 1.88 bits per heavy atom. The summed E-state index contributed by atoms with van der Waals surface area (Å²) in [5.41, 5.74) is 0. The third-order valence-corrected chi connectivity index (χ3v) is 6.26. The molecule has 0 saturated carbocycles. The third-order valence-electron chi connectivity index (χ3n) is 6.26. The number of hydrogen-bond donors (Lipinski definition) is 3. The second kappa shape index (κ2) is 13.3. The Hall–Kier alpha value is -1.46. The molecule has 3 aliphatic rings. The van der Waals surface area contributed by atoms with E-state index in [2.05, 4.69) is 15.5 Å². The van der Waals surface area contributed by atoms with Gasteiger partial charge in [0.05, 0.1) is 57.6 Å². The number of amides is 3. The second-order valence-electron chi connectivity index (χ2n) is 8.88. The summed E-state index contributed by atoms with van der Waals surface area (Å²) in [6.45, 7) is 8.38. The summed E-state index contributed by atoms with van der Waals surface area (Å²) in [7, 11) is 0. The molecular formula is C22H40N4O6. The summed E-state index contributed by atoms with van der Waals surface area (Å²) in [5.74, 6) is -0.00448. The van der Waals surface area contributed by atoms with Gasteiger partial charge in [-0.3, -0.25) is 9.69 Å². The van der Waals surface area contributed by atoms with Gasteiger partial charge < -0.3 is 34.9 Å². The largest absolute Gasteiger partial charge is 0.389 e. The van der Waals surface area contributed by atoms with Crippen molar-refractivity contribution in [2.45, 2.75) is 63.4 Å². The van der Waals surface area contributed by atoms with Gasteiger partial charge in [0.2, 0.25) is 5.91 Å². The summed E-state index contributed by atoms with van der Waals surface area (Å²) < 4.78 is 17.2. The topological polar surface area (TPSA) is 113 Å². The maximum absolute atomic E-state index is 12.7. The van der Waals surface area contributed by atoms with E-state index in [4.69, 9.17) is 14.2 Å². The molecule has 32 heavy (non-hydrogen) atoms. The van der Waals surface area contributed by atoms with Gasteiger partial charge in [-0.15, -0.1) is 0 Å². The van der Waals surface area contributed by atoms with Crippen LogP contribution in [0.1, 0.15) is 39.0 Å². The number of nitrogens with zero attached hydrogens (tertiary/aromatic N) is 2. The van der Waals surface area contributed by atoms with Crippen LogP contribution in [0.25, 0.3) is 0 Å². The maximum Gasteiger partial charge on any atom is 0.317 e. The lowest BCUT2D eigenvalue weighted by molar-refractivity contribution is -0.150. The average molecular weight is 457 g/mol. The van der Waals surface area contributed by atoms with Gasteiger partial charge in [-0.25, -0.2) is 4.79 Å². The molecule has 0 aromatic rings. The number of rotatable bonds is 8. The molecule has 0 aliphatic carbocycles. The van der Waals surface area contributed by atoms with Crippen molar-refractivity contribution >= 4 is 11.9 Å². The monoisotopic (exact) mass is 456 g/mol. The van der Waals surface area contributed by atoms with Crippen LogP contribution < -0.4 is 10.6 Å². The van der Waals surface area contributed by atoms with Crippen LogP contribution in [0.15, 0.2) is 0 Å². The maximum atomic E-state index is 12.7. The fourth-order valence-electron chi connectivity index (χ4n) is 4.54. The zero-order valence-corrected chi connectivity index (χ0v) is 19.3. The van der Waals surface area contributed by atoms with Crippen LogP contribution in [0.4, 0.5) is 4.79 Å². The molecule has 3 N–H and O–H groups in total. The van der Waals surface area contributed by atoms with Gasteiger partial charge in [0.25, 0.3) is 0 Å². The predicted molar refractivity (Wildman–Crippen MR) is 118 cm³/mol. The number of fused-ring (bicyclic) bond motifs is 1. The summed E-state index contributed by atoms with van der Waals surface area (Å²) in [5, 5.41) is 16.1. The number of nitrogens with one attached hydrogen (secondary N) is 2. The van der Waals surface area contributed by atoms with Crippen LogP contribution in [0, 0.1) is 0 Å². The van der Waals surface area contributed by atoms with Crippen molar-refractivity contribution in [3.8, 4) is 0 Å². The second-order valence-corrected chi connectivity index (χ2v) is 8.88. The first kappa shape index (κ1) is 25.2. The number of ether oxygens (including phenoxy) is 3. The van der Waals surface area contributed by atoms with Crippen molar-refractivity contribution in [1.82, 2.24) is 20.4 Å². The molecule has 0 aromatic heterocycles. The molecule has 0 unspecified atom stereocenters. The summed E-state index contributed by atoms with van der Waals surface area (Å²) in [6, 6.07) is -0.350. The molecule has 0 spiro atoms. The van der Waals surface area contributed by atoms with Gasteiger partial charge in [0.15, 0.2) is 0 Å². The highest BCUT2D eigenvalue weighted by molar-refractivity contribution is 5.76. The number of β-amino-alcohol motifs (C(OH)–C–C–N with tert-alkyl or cyclic N) is 1. The van der Waals surface area contributed by atoms with Crippen molar-refractivity contribution in [2.24, 2.45) is 0 Å². The molecule has 3 fully saturated rings. The molecule has 184 valence electrons. The van der Waals surface area contributed by atoms with Crippen LogP contribution in [0.2, 0.25) is 0 Å². The Kier molecular flexibility index (Phi) is 10.5. The van der Waals surface area contributed by atoms with Crippen molar-refractivity contribution in [3.63, 3.8) is 0 Å². The first-order chi connectivity index (χ1) is 15.6. The first-order valence-electron chi connectivity index (χ1n) is 12.1. The Morgan fingerprint density at radius 3 is 2.66 bits per heavy atom. The summed E-state index contributed by atoms with van der Waals surface area (Å²) in [6.07, 6.45) is 2.27.